The number of aromatic nitrogens is 1. The minimum Gasteiger partial charge on any atom is -0.326 e. The van der Waals surface area contributed by atoms with E-state index in [1.165, 1.54) is 11.3 Å². The van der Waals surface area contributed by atoms with Crippen LogP contribution in [0.1, 0.15) is 11.1 Å². The third-order valence-corrected chi connectivity index (χ3v) is 5.96. The predicted octanol–water partition coefficient (Wildman–Crippen LogP) is 2.47. The van der Waals surface area contributed by atoms with Gasteiger partial charge in [-0.1, -0.05) is 6.07 Å². The highest BCUT2D eigenvalue weighted by Crippen LogP contribution is 2.29. The second-order valence-electron chi connectivity index (χ2n) is 3.87. The van der Waals surface area contributed by atoms with Gasteiger partial charge in [0.15, 0.2) is 5.13 Å². The molecule has 5 nitrogen and oxygen atoms in total. The molecule has 1 aromatic carbocycles. The second-order valence-corrected chi connectivity index (χ2v) is 7.21. The largest absolute Gasteiger partial charge is 0.326 e. The van der Waals surface area contributed by atoms with Crippen molar-refractivity contribution in [2.24, 2.45) is 5.73 Å². The normalized spacial score (nSPS) is 11.5. The van der Waals surface area contributed by atoms with E-state index in [2.05, 4.69) is 25.6 Å². The maximum absolute atomic E-state index is 12.3. The van der Waals surface area contributed by atoms with Gasteiger partial charge in [0.05, 0.1) is 0 Å². The first-order valence-corrected chi connectivity index (χ1v) is 8.51. The summed E-state index contributed by atoms with van der Waals surface area (Å²) in [6.45, 7) is 2.11. The molecule has 3 N–H and O–H groups in total. The molecule has 2 aromatic rings. The van der Waals surface area contributed by atoms with Crippen LogP contribution in [0, 0.1) is 6.92 Å². The Morgan fingerprint density at radius 3 is 2.79 bits per heavy atom. The van der Waals surface area contributed by atoms with E-state index in [-0.39, 0.29) is 11.4 Å². The van der Waals surface area contributed by atoms with Crippen molar-refractivity contribution in [1.82, 2.24) is 4.98 Å². The standard InChI is InChI=1S/C11H12BrN3O2S2/c1-7-4-8(6-13)5-9(10(7)12)19(16,17)15-11-14-2-3-18-11/h2-5H,6,13H2,1H3,(H,14,15). The lowest BCUT2D eigenvalue weighted by Crippen LogP contribution is -2.14. The Morgan fingerprint density at radius 2 is 2.21 bits per heavy atom. The van der Waals surface area contributed by atoms with E-state index in [1.54, 1.807) is 17.6 Å². The first-order chi connectivity index (χ1) is 8.94. The number of nitrogens with two attached hydrogens (primary N) is 1. The van der Waals surface area contributed by atoms with Crippen LogP contribution in [0.5, 0.6) is 0 Å². The molecule has 0 aliphatic rings. The first-order valence-electron chi connectivity index (χ1n) is 5.35. The lowest BCUT2D eigenvalue weighted by Gasteiger charge is -2.11. The van der Waals surface area contributed by atoms with Gasteiger partial charge in [0.1, 0.15) is 4.90 Å². The molecule has 0 radical (unpaired) electrons. The zero-order chi connectivity index (χ0) is 14.0. The van der Waals surface area contributed by atoms with E-state index in [1.807, 2.05) is 13.0 Å². The van der Waals surface area contributed by atoms with Gasteiger partial charge in [-0.25, -0.2) is 13.4 Å². The third kappa shape index (κ3) is 3.14. The van der Waals surface area contributed by atoms with Crippen molar-refractivity contribution >= 4 is 42.4 Å². The van der Waals surface area contributed by atoms with Crippen LogP contribution in [0.3, 0.4) is 0 Å². The summed E-state index contributed by atoms with van der Waals surface area (Å²) in [6.07, 6.45) is 1.54. The molecule has 19 heavy (non-hydrogen) atoms. The molecule has 0 amide bonds. The summed E-state index contributed by atoms with van der Waals surface area (Å²) in [5.74, 6) is 0. The van der Waals surface area contributed by atoms with Crippen molar-refractivity contribution in [3.8, 4) is 0 Å². The molecule has 0 atom stereocenters. The van der Waals surface area contributed by atoms with Crippen LogP contribution < -0.4 is 10.5 Å². The number of anilines is 1. The Bertz CT molecular complexity index is 684. The number of nitrogens with one attached hydrogen (secondary N) is 1. The molecule has 0 saturated carbocycles. The number of hydrogen-bond acceptors (Lipinski definition) is 5. The van der Waals surface area contributed by atoms with E-state index in [4.69, 9.17) is 5.73 Å². The number of halogens is 1. The average Bonchev–Trinajstić information content (AvgIpc) is 2.84. The third-order valence-electron chi connectivity index (χ3n) is 2.46. The van der Waals surface area contributed by atoms with Crippen LogP contribution in [-0.2, 0) is 16.6 Å². The highest BCUT2D eigenvalue weighted by Gasteiger charge is 2.20. The Balaban J connectivity index is 2.48. The molecule has 0 fully saturated rings. The number of rotatable bonds is 4. The number of benzene rings is 1. The van der Waals surface area contributed by atoms with Gasteiger partial charge in [0.25, 0.3) is 10.0 Å². The average molecular weight is 362 g/mol. The quantitative estimate of drug-likeness (QED) is 0.875. The number of aryl methyl sites for hydroxylation is 1. The van der Waals surface area contributed by atoms with Gasteiger partial charge in [-0.15, -0.1) is 11.3 Å². The summed E-state index contributed by atoms with van der Waals surface area (Å²) in [7, 11) is -3.67. The maximum atomic E-state index is 12.3. The zero-order valence-electron chi connectivity index (χ0n) is 10.1. The fraction of sp³-hybridized carbons (Fsp3) is 0.182. The van der Waals surface area contributed by atoms with E-state index in [0.29, 0.717) is 9.60 Å². The van der Waals surface area contributed by atoms with Crippen LogP contribution in [0.2, 0.25) is 0 Å². The van der Waals surface area contributed by atoms with Gasteiger partial charge in [-0.3, -0.25) is 4.72 Å². The van der Waals surface area contributed by atoms with Gasteiger partial charge in [0, 0.05) is 22.6 Å². The number of sulfonamides is 1. The van der Waals surface area contributed by atoms with Crippen LogP contribution in [0.25, 0.3) is 0 Å². The van der Waals surface area contributed by atoms with E-state index in [9.17, 15) is 8.42 Å². The lowest BCUT2D eigenvalue weighted by atomic mass is 10.1. The highest BCUT2D eigenvalue weighted by atomic mass is 79.9. The number of nitrogens with zero attached hydrogens (tertiary/aromatic N) is 1. The maximum Gasteiger partial charge on any atom is 0.264 e. The van der Waals surface area contributed by atoms with Gasteiger partial charge in [-0.05, 0) is 40.0 Å². The van der Waals surface area contributed by atoms with Gasteiger partial charge in [-0.2, -0.15) is 0 Å². The molecule has 8 heteroatoms. The van der Waals surface area contributed by atoms with E-state index in [0.717, 1.165) is 11.1 Å². The summed E-state index contributed by atoms with van der Waals surface area (Å²) >= 11 is 4.53. The predicted molar refractivity (Wildman–Crippen MR) is 79.7 cm³/mol. The SMILES string of the molecule is Cc1cc(CN)cc(S(=O)(=O)Nc2nccs2)c1Br. The Hall–Kier alpha value is -0.960. The van der Waals surface area contributed by atoms with Crippen molar-refractivity contribution in [3.05, 3.63) is 39.3 Å². The Kier molecular flexibility index (Phi) is 4.24. The molecule has 102 valence electrons. The van der Waals surface area contributed by atoms with Crippen molar-refractivity contribution < 1.29 is 8.42 Å². The fourth-order valence-corrected chi connectivity index (χ4v) is 4.42. The minimum absolute atomic E-state index is 0.170. The van der Waals surface area contributed by atoms with Crippen molar-refractivity contribution in [2.45, 2.75) is 18.4 Å². The minimum atomic E-state index is -3.67. The van der Waals surface area contributed by atoms with Gasteiger partial charge < -0.3 is 5.73 Å². The van der Waals surface area contributed by atoms with Crippen molar-refractivity contribution in [1.29, 1.82) is 0 Å². The Labute approximate surface area is 124 Å². The molecule has 0 spiro atoms. The highest BCUT2D eigenvalue weighted by molar-refractivity contribution is 9.10. The smallest absolute Gasteiger partial charge is 0.264 e. The molecule has 0 saturated heterocycles. The van der Waals surface area contributed by atoms with E-state index < -0.39 is 10.0 Å². The number of thiazole rings is 1. The summed E-state index contributed by atoms with van der Waals surface area (Å²) in [5, 5.41) is 2.04. The summed E-state index contributed by atoms with van der Waals surface area (Å²) < 4.78 is 27.6. The molecule has 0 aliphatic carbocycles. The molecule has 0 bridgehead atoms. The van der Waals surface area contributed by atoms with Crippen molar-refractivity contribution in [2.75, 3.05) is 4.72 Å². The summed E-state index contributed by atoms with van der Waals surface area (Å²) in [4.78, 5) is 4.08. The molecular weight excluding hydrogens is 350 g/mol. The molecular formula is C11H12BrN3O2S2. The molecule has 1 heterocycles. The van der Waals surface area contributed by atoms with Crippen molar-refractivity contribution in [3.63, 3.8) is 0 Å². The van der Waals surface area contributed by atoms with Crippen LogP contribution >= 0.6 is 27.3 Å². The number of hydrogen-bond donors (Lipinski definition) is 2. The molecule has 1 aromatic heterocycles. The topological polar surface area (TPSA) is 85.1 Å². The van der Waals surface area contributed by atoms with Crippen LogP contribution in [0.4, 0.5) is 5.13 Å². The molecule has 2 rings (SSSR count). The van der Waals surface area contributed by atoms with Gasteiger partial charge >= 0.3 is 0 Å². The van der Waals surface area contributed by atoms with Gasteiger partial charge in [0.2, 0.25) is 0 Å². The Morgan fingerprint density at radius 1 is 1.47 bits per heavy atom. The second kappa shape index (κ2) is 5.58. The molecule has 0 unspecified atom stereocenters. The summed E-state index contributed by atoms with van der Waals surface area (Å²) in [6, 6.07) is 3.42. The first kappa shape index (κ1) is 14.4. The van der Waals surface area contributed by atoms with E-state index >= 15 is 0 Å². The zero-order valence-corrected chi connectivity index (χ0v) is 13.3. The molecule has 0 aliphatic heterocycles. The fourth-order valence-electron chi connectivity index (χ4n) is 1.57. The summed E-state index contributed by atoms with van der Waals surface area (Å²) in [5.41, 5.74) is 7.16. The van der Waals surface area contributed by atoms with Crippen LogP contribution in [0.15, 0.2) is 33.1 Å². The lowest BCUT2D eigenvalue weighted by molar-refractivity contribution is 0.600. The van der Waals surface area contributed by atoms with Crippen LogP contribution in [-0.4, -0.2) is 13.4 Å². The monoisotopic (exact) mass is 361 g/mol.